The number of hydrogen-bond donors (Lipinski definition) is 1. The van der Waals surface area contributed by atoms with Crippen LogP contribution in [0.15, 0.2) is 66.9 Å². The Hall–Kier alpha value is -4.41. The maximum absolute atomic E-state index is 11.5. The number of piperidine rings is 1. The summed E-state index contributed by atoms with van der Waals surface area (Å²) in [6.45, 7) is 4.30. The maximum Gasteiger partial charge on any atom is 0.354 e. The molecule has 2 aliphatic rings. The topological polar surface area (TPSA) is 115 Å². The monoisotopic (exact) mass is 564 g/mol. The lowest BCUT2D eigenvalue weighted by atomic mass is 9.93. The van der Waals surface area contributed by atoms with Crippen LogP contribution in [-0.2, 0) is 24.4 Å². The van der Waals surface area contributed by atoms with E-state index < -0.39 is 5.97 Å². The van der Waals surface area contributed by atoms with E-state index in [2.05, 4.69) is 33.1 Å². The smallest absolute Gasteiger partial charge is 0.354 e. The first-order valence-electron chi connectivity index (χ1n) is 14.5. The number of pyridine rings is 3. The minimum Gasteiger partial charge on any atom is -0.477 e. The van der Waals surface area contributed by atoms with E-state index in [0.29, 0.717) is 42.7 Å². The number of para-hydroxylation sites is 1. The largest absolute Gasteiger partial charge is 0.477 e. The lowest BCUT2D eigenvalue weighted by Gasteiger charge is -2.32. The van der Waals surface area contributed by atoms with Gasteiger partial charge >= 0.3 is 5.97 Å². The molecule has 0 unspecified atom stereocenters. The number of carboxylic acids is 1. The van der Waals surface area contributed by atoms with Crippen LogP contribution in [0.5, 0.6) is 5.88 Å². The van der Waals surface area contributed by atoms with Crippen molar-refractivity contribution in [2.45, 2.75) is 51.0 Å². The van der Waals surface area contributed by atoms with Crippen molar-refractivity contribution in [2.75, 3.05) is 19.7 Å². The van der Waals surface area contributed by atoms with Gasteiger partial charge in [0.05, 0.1) is 24.7 Å². The molecule has 0 aliphatic carbocycles. The zero-order valence-electron chi connectivity index (χ0n) is 23.2. The number of ether oxygens (including phenoxy) is 2. The highest BCUT2D eigenvalue weighted by atomic mass is 16.5. The van der Waals surface area contributed by atoms with Crippen LogP contribution in [0.2, 0.25) is 0 Å². The highest BCUT2D eigenvalue weighted by molar-refractivity contribution is 5.88. The summed E-state index contributed by atoms with van der Waals surface area (Å²) in [5.74, 6) is 0.835. The van der Waals surface area contributed by atoms with Crippen LogP contribution in [0.4, 0.5) is 0 Å². The van der Waals surface area contributed by atoms with Gasteiger partial charge < -0.3 is 19.1 Å². The SMILES string of the molecule is O=C(O)c1ccc2nc(CN3CCC(c4cccc(OCc5cccc6cccnc56)n4)CC3)n(C[C@@H]3CCO3)c2n1. The Morgan fingerprint density at radius 3 is 2.62 bits per heavy atom. The minimum absolute atomic E-state index is 0.0260. The molecule has 10 heteroatoms. The van der Waals surface area contributed by atoms with Gasteiger partial charge in [-0.25, -0.2) is 19.7 Å². The molecule has 1 aromatic carbocycles. The summed E-state index contributed by atoms with van der Waals surface area (Å²) in [4.78, 5) is 32.6. The predicted molar refractivity (Wildman–Crippen MR) is 156 cm³/mol. The van der Waals surface area contributed by atoms with Crippen molar-refractivity contribution in [3.8, 4) is 5.88 Å². The number of fused-ring (bicyclic) bond motifs is 2. The van der Waals surface area contributed by atoms with E-state index in [1.165, 1.54) is 6.07 Å². The molecule has 0 bridgehead atoms. The molecule has 6 heterocycles. The average Bonchev–Trinajstić information content (AvgIpc) is 3.34. The average molecular weight is 565 g/mol. The number of imidazole rings is 1. The normalized spacial score (nSPS) is 17.9. The number of aromatic nitrogens is 5. The Balaban J connectivity index is 1.01. The fourth-order valence-electron chi connectivity index (χ4n) is 5.87. The summed E-state index contributed by atoms with van der Waals surface area (Å²) < 4.78 is 13.8. The number of aromatic carboxylic acids is 1. The van der Waals surface area contributed by atoms with Gasteiger partial charge in [0.15, 0.2) is 11.3 Å². The molecule has 1 atom stereocenters. The van der Waals surface area contributed by atoms with Crippen molar-refractivity contribution in [3.05, 3.63) is 89.6 Å². The Bertz CT molecular complexity index is 1740. The van der Waals surface area contributed by atoms with Crippen LogP contribution < -0.4 is 4.74 Å². The molecule has 1 N–H and O–H groups in total. The van der Waals surface area contributed by atoms with Crippen molar-refractivity contribution in [1.82, 2.24) is 29.4 Å². The molecule has 42 heavy (non-hydrogen) atoms. The number of hydrogen-bond acceptors (Lipinski definition) is 8. The standard InChI is InChI=1S/C32H32N6O4/c39-32(40)27-10-9-26-31(36-27)38(18-24-13-17-41-24)28(34-26)19-37-15-11-21(12-16-37)25-7-2-8-29(35-25)42-20-23-5-1-4-22-6-3-14-33-30(22)23/h1-10,14,21,24H,11-13,15-20H2,(H,39,40)/t24-/m0/s1. The highest BCUT2D eigenvalue weighted by Crippen LogP contribution is 2.30. The van der Waals surface area contributed by atoms with Gasteiger partial charge in [-0.2, -0.15) is 0 Å². The molecule has 2 fully saturated rings. The van der Waals surface area contributed by atoms with E-state index in [-0.39, 0.29) is 11.8 Å². The molecule has 5 aromatic rings. The summed E-state index contributed by atoms with van der Waals surface area (Å²) >= 11 is 0. The molecule has 0 spiro atoms. The molecular formula is C32H32N6O4. The highest BCUT2D eigenvalue weighted by Gasteiger charge is 2.26. The third-order valence-electron chi connectivity index (χ3n) is 8.28. The first-order valence-corrected chi connectivity index (χ1v) is 14.5. The Labute approximate surface area is 243 Å². The minimum atomic E-state index is -1.04. The van der Waals surface area contributed by atoms with Crippen molar-refractivity contribution < 1.29 is 19.4 Å². The number of likely N-dealkylation sites (tertiary alicyclic amines) is 1. The number of rotatable bonds is 9. The van der Waals surface area contributed by atoms with Gasteiger partial charge in [-0.1, -0.05) is 30.3 Å². The van der Waals surface area contributed by atoms with E-state index in [0.717, 1.165) is 66.9 Å². The molecule has 2 saturated heterocycles. The van der Waals surface area contributed by atoms with E-state index >= 15 is 0 Å². The van der Waals surface area contributed by atoms with Gasteiger partial charge in [0.25, 0.3) is 0 Å². The molecule has 2 aliphatic heterocycles. The fraction of sp³-hybridized carbons (Fsp3) is 0.344. The second-order valence-corrected chi connectivity index (χ2v) is 11.0. The first kappa shape index (κ1) is 26.5. The molecule has 10 nitrogen and oxygen atoms in total. The van der Waals surface area contributed by atoms with Crippen molar-refractivity contribution in [1.29, 1.82) is 0 Å². The Morgan fingerprint density at radius 1 is 0.976 bits per heavy atom. The number of carboxylic acid groups (broad SMARTS) is 1. The summed E-state index contributed by atoms with van der Waals surface area (Å²) in [7, 11) is 0. The molecule has 7 rings (SSSR count). The van der Waals surface area contributed by atoms with Gasteiger partial charge in [0.1, 0.15) is 17.9 Å². The maximum atomic E-state index is 11.5. The van der Waals surface area contributed by atoms with Gasteiger partial charge in [-0.15, -0.1) is 0 Å². The van der Waals surface area contributed by atoms with Crippen LogP contribution >= 0.6 is 0 Å². The van der Waals surface area contributed by atoms with Gasteiger partial charge in [-0.3, -0.25) is 9.88 Å². The van der Waals surface area contributed by atoms with Crippen LogP contribution in [-0.4, -0.2) is 66.3 Å². The zero-order chi connectivity index (χ0) is 28.5. The first-order chi connectivity index (χ1) is 20.6. The summed E-state index contributed by atoms with van der Waals surface area (Å²) in [5.41, 5.74) is 4.40. The second-order valence-electron chi connectivity index (χ2n) is 11.0. The van der Waals surface area contributed by atoms with Crippen molar-refractivity contribution >= 4 is 28.0 Å². The quantitative estimate of drug-likeness (QED) is 0.269. The predicted octanol–water partition coefficient (Wildman–Crippen LogP) is 4.82. The van der Waals surface area contributed by atoms with E-state index in [1.807, 2.05) is 41.1 Å². The van der Waals surface area contributed by atoms with E-state index in [4.69, 9.17) is 19.4 Å². The van der Waals surface area contributed by atoms with E-state index in [9.17, 15) is 9.90 Å². The molecule has 0 saturated carbocycles. The van der Waals surface area contributed by atoms with Crippen molar-refractivity contribution in [3.63, 3.8) is 0 Å². The van der Waals surface area contributed by atoms with Crippen molar-refractivity contribution in [2.24, 2.45) is 0 Å². The van der Waals surface area contributed by atoms with E-state index in [1.54, 1.807) is 6.07 Å². The summed E-state index contributed by atoms with van der Waals surface area (Å²) in [6.07, 6.45) is 4.87. The Morgan fingerprint density at radius 2 is 1.81 bits per heavy atom. The third-order valence-corrected chi connectivity index (χ3v) is 8.28. The van der Waals surface area contributed by atoms with Gasteiger partial charge in [-0.05, 0) is 56.6 Å². The molecule has 0 radical (unpaired) electrons. The lowest BCUT2D eigenvalue weighted by molar-refractivity contribution is -0.0593. The molecular weight excluding hydrogens is 532 g/mol. The van der Waals surface area contributed by atoms with Crippen LogP contribution in [0.25, 0.3) is 22.1 Å². The second kappa shape index (κ2) is 11.5. The Kier molecular flexibility index (Phi) is 7.23. The van der Waals surface area contributed by atoms with Gasteiger partial charge in [0.2, 0.25) is 5.88 Å². The fourth-order valence-corrected chi connectivity index (χ4v) is 5.87. The molecule has 4 aromatic heterocycles. The number of nitrogens with zero attached hydrogens (tertiary/aromatic N) is 6. The molecule has 0 amide bonds. The number of carbonyl (C=O) groups is 1. The lowest BCUT2D eigenvalue weighted by Crippen LogP contribution is -2.35. The number of benzene rings is 1. The zero-order valence-corrected chi connectivity index (χ0v) is 23.2. The molecule has 214 valence electrons. The summed E-state index contributed by atoms with van der Waals surface area (Å²) in [5, 5.41) is 10.6. The van der Waals surface area contributed by atoms with Crippen LogP contribution in [0, 0.1) is 0 Å². The third kappa shape index (κ3) is 5.43. The van der Waals surface area contributed by atoms with Crippen LogP contribution in [0.1, 0.15) is 52.8 Å². The van der Waals surface area contributed by atoms with Gasteiger partial charge in [0, 0.05) is 41.4 Å². The van der Waals surface area contributed by atoms with Crippen LogP contribution in [0.3, 0.4) is 0 Å². The summed E-state index contributed by atoms with van der Waals surface area (Å²) in [6, 6.07) is 19.4.